The third-order valence-corrected chi connectivity index (χ3v) is 2.61. The molecule has 1 aliphatic rings. The smallest absolute Gasteiger partial charge is 0.0718 e. The van der Waals surface area contributed by atoms with Crippen molar-refractivity contribution < 1.29 is 4.74 Å². The molecular formula is C15H20O. The average molecular weight is 216 g/mol. The van der Waals surface area contributed by atoms with E-state index < -0.39 is 0 Å². The Morgan fingerprint density at radius 1 is 1.44 bits per heavy atom. The highest BCUT2D eigenvalue weighted by atomic mass is 16.5. The van der Waals surface area contributed by atoms with E-state index in [0.29, 0.717) is 12.5 Å². The summed E-state index contributed by atoms with van der Waals surface area (Å²) in [5, 5.41) is 0. The van der Waals surface area contributed by atoms with E-state index in [0.717, 1.165) is 0 Å². The van der Waals surface area contributed by atoms with Crippen LogP contribution in [-0.2, 0) is 4.74 Å². The summed E-state index contributed by atoms with van der Waals surface area (Å²) in [5.41, 5.74) is 3.68. The fraction of sp³-hybridized carbons (Fsp3) is 0.333. The molecule has 0 saturated carbocycles. The van der Waals surface area contributed by atoms with Crippen molar-refractivity contribution >= 4 is 0 Å². The largest absolute Gasteiger partial charge is 0.380 e. The SMILES string of the molecule is C=C/C=C(/COC)C1=C(C)C=CC(C)C=C1. The Labute approximate surface area is 98.5 Å². The van der Waals surface area contributed by atoms with Gasteiger partial charge in [-0.25, -0.2) is 0 Å². The van der Waals surface area contributed by atoms with E-state index in [9.17, 15) is 0 Å². The van der Waals surface area contributed by atoms with Crippen LogP contribution in [0.1, 0.15) is 13.8 Å². The lowest BCUT2D eigenvalue weighted by Crippen LogP contribution is -1.98. The summed E-state index contributed by atoms with van der Waals surface area (Å²) in [6.45, 7) is 8.66. The lowest BCUT2D eigenvalue weighted by Gasteiger charge is -2.09. The Kier molecular flexibility index (Phi) is 5.00. The van der Waals surface area contributed by atoms with Crippen LogP contribution < -0.4 is 0 Å². The van der Waals surface area contributed by atoms with Crippen LogP contribution in [0.5, 0.6) is 0 Å². The highest BCUT2D eigenvalue weighted by Gasteiger charge is 2.07. The summed E-state index contributed by atoms with van der Waals surface area (Å²) in [4.78, 5) is 0. The number of methoxy groups -OCH3 is 1. The van der Waals surface area contributed by atoms with Gasteiger partial charge in [0.1, 0.15) is 0 Å². The third-order valence-electron chi connectivity index (χ3n) is 2.61. The van der Waals surface area contributed by atoms with Gasteiger partial charge >= 0.3 is 0 Å². The minimum atomic E-state index is 0.486. The Morgan fingerprint density at radius 2 is 2.12 bits per heavy atom. The van der Waals surface area contributed by atoms with Crippen molar-refractivity contribution in [2.45, 2.75) is 13.8 Å². The molecule has 0 aromatic carbocycles. The number of hydrogen-bond donors (Lipinski definition) is 0. The van der Waals surface area contributed by atoms with Gasteiger partial charge in [0.05, 0.1) is 6.61 Å². The van der Waals surface area contributed by atoms with Crippen molar-refractivity contribution in [3.8, 4) is 0 Å². The van der Waals surface area contributed by atoms with Crippen LogP contribution in [0.2, 0.25) is 0 Å². The molecule has 1 aliphatic carbocycles. The van der Waals surface area contributed by atoms with Gasteiger partial charge in [-0.3, -0.25) is 0 Å². The van der Waals surface area contributed by atoms with E-state index in [-0.39, 0.29) is 0 Å². The van der Waals surface area contributed by atoms with Gasteiger partial charge in [-0.15, -0.1) is 0 Å². The normalized spacial score (nSPS) is 21.2. The lowest BCUT2D eigenvalue weighted by molar-refractivity contribution is 0.227. The molecule has 0 spiro atoms. The molecule has 0 aromatic rings. The quantitative estimate of drug-likeness (QED) is 0.649. The highest BCUT2D eigenvalue weighted by Crippen LogP contribution is 2.22. The molecule has 1 atom stereocenters. The highest BCUT2D eigenvalue weighted by molar-refractivity contribution is 5.49. The summed E-state index contributed by atoms with van der Waals surface area (Å²) in [6.07, 6.45) is 12.6. The summed E-state index contributed by atoms with van der Waals surface area (Å²) >= 11 is 0. The molecule has 1 nitrogen and oxygen atoms in total. The minimum absolute atomic E-state index is 0.486. The summed E-state index contributed by atoms with van der Waals surface area (Å²) in [5.74, 6) is 0.486. The van der Waals surface area contributed by atoms with Gasteiger partial charge < -0.3 is 4.74 Å². The van der Waals surface area contributed by atoms with Gasteiger partial charge in [-0.1, -0.05) is 50.0 Å². The Balaban J connectivity index is 3.08. The molecule has 0 bridgehead atoms. The van der Waals surface area contributed by atoms with Crippen molar-refractivity contribution in [3.63, 3.8) is 0 Å². The Bertz CT molecular complexity index is 367. The molecule has 86 valence electrons. The molecular weight excluding hydrogens is 196 g/mol. The first-order chi connectivity index (χ1) is 7.69. The molecule has 0 saturated heterocycles. The van der Waals surface area contributed by atoms with Crippen LogP contribution in [0, 0.1) is 5.92 Å². The monoisotopic (exact) mass is 216 g/mol. The number of hydrogen-bond acceptors (Lipinski definition) is 1. The average Bonchev–Trinajstić information content (AvgIpc) is 2.42. The van der Waals surface area contributed by atoms with Crippen molar-refractivity contribution in [1.82, 2.24) is 0 Å². The van der Waals surface area contributed by atoms with Gasteiger partial charge in [0.25, 0.3) is 0 Å². The van der Waals surface area contributed by atoms with Gasteiger partial charge in [0.15, 0.2) is 0 Å². The molecule has 1 heteroatoms. The van der Waals surface area contributed by atoms with Crippen LogP contribution in [0.3, 0.4) is 0 Å². The Hall–Kier alpha value is -1.34. The number of ether oxygens (including phenoxy) is 1. The Morgan fingerprint density at radius 3 is 2.75 bits per heavy atom. The van der Waals surface area contributed by atoms with Crippen LogP contribution in [0.4, 0.5) is 0 Å². The fourth-order valence-electron chi connectivity index (χ4n) is 1.70. The second-order valence-corrected chi connectivity index (χ2v) is 4.03. The van der Waals surface area contributed by atoms with Crippen LogP contribution in [0.15, 0.2) is 59.8 Å². The molecule has 0 aliphatic heterocycles. The molecule has 0 amide bonds. The second kappa shape index (κ2) is 6.29. The molecule has 0 heterocycles. The van der Waals surface area contributed by atoms with Crippen molar-refractivity contribution in [2.24, 2.45) is 5.92 Å². The predicted octanol–water partition coefficient (Wildman–Crippen LogP) is 3.82. The van der Waals surface area contributed by atoms with Gasteiger partial charge in [0, 0.05) is 7.11 Å². The lowest BCUT2D eigenvalue weighted by atomic mass is 10.0. The maximum absolute atomic E-state index is 5.22. The second-order valence-electron chi connectivity index (χ2n) is 4.03. The van der Waals surface area contributed by atoms with Crippen LogP contribution in [0.25, 0.3) is 0 Å². The number of rotatable bonds is 4. The predicted molar refractivity (Wildman–Crippen MR) is 70.3 cm³/mol. The standard InChI is InChI=1S/C15H20O/c1-5-6-14(11-16-4)15-10-8-12(2)7-9-13(15)3/h5-10,12H,1,11H2,2-4H3/b14-6-. The summed E-state index contributed by atoms with van der Waals surface area (Å²) in [7, 11) is 1.71. The molecule has 0 fully saturated rings. The maximum atomic E-state index is 5.22. The van der Waals surface area contributed by atoms with Crippen molar-refractivity contribution in [2.75, 3.05) is 13.7 Å². The molecule has 0 radical (unpaired) electrons. The van der Waals surface area contributed by atoms with Crippen LogP contribution >= 0.6 is 0 Å². The zero-order chi connectivity index (χ0) is 12.0. The zero-order valence-corrected chi connectivity index (χ0v) is 10.4. The van der Waals surface area contributed by atoms with Crippen molar-refractivity contribution in [1.29, 1.82) is 0 Å². The van der Waals surface area contributed by atoms with E-state index in [1.165, 1.54) is 16.7 Å². The maximum Gasteiger partial charge on any atom is 0.0718 e. The molecule has 0 N–H and O–H groups in total. The third kappa shape index (κ3) is 3.35. The first-order valence-electron chi connectivity index (χ1n) is 5.57. The first-order valence-corrected chi connectivity index (χ1v) is 5.57. The van der Waals surface area contributed by atoms with E-state index in [1.54, 1.807) is 13.2 Å². The van der Waals surface area contributed by atoms with Gasteiger partial charge in [-0.2, -0.15) is 0 Å². The summed E-state index contributed by atoms with van der Waals surface area (Å²) < 4.78 is 5.22. The van der Waals surface area contributed by atoms with Crippen LogP contribution in [-0.4, -0.2) is 13.7 Å². The molecule has 1 rings (SSSR count). The van der Waals surface area contributed by atoms with E-state index in [1.807, 2.05) is 6.08 Å². The topological polar surface area (TPSA) is 9.23 Å². The first kappa shape index (κ1) is 12.7. The van der Waals surface area contributed by atoms with E-state index >= 15 is 0 Å². The van der Waals surface area contributed by atoms with E-state index in [4.69, 9.17) is 4.74 Å². The van der Waals surface area contributed by atoms with E-state index in [2.05, 4.69) is 44.7 Å². The minimum Gasteiger partial charge on any atom is -0.380 e. The molecule has 0 aromatic heterocycles. The zero-order valence-electron chi connectivity index (χ0n) is 10.4. The van der Waals surface area contributed by atoms with Gasteiger partial charge in [0.2, 0.25) is 0 Å². The fourth-order valence-corrected chi connectivity index (χ4v) is 1.70. The summed E-state index contributed by atoms with van der Waals surface area (Å²) in [6, 6.07) is 0. The molecule has 16 heavy (non-hydrogen) atoms. The number of allylic oxidation sites excluding steroid dienone is 7. The molecule has 1 unspecified atom stereocenters. The van der Waals surface area contributed by atoms with Gasteiger partial charge in [-0.05, 0) is 29.6 Å². The van der Waals surface area contributed by atoms with Crippen molar-refractivity contribution in [3.05, 3.63) is 59.8 Å².